The molecule has 24 heavy (non-hydrogen) atoms. The Bertz CT molecular complexity index is 830. The largest absolute Gasteiger partial charge is 0.478 e. The van der Waals surface area contributed by atoms with E-state index in [0.29, 0.717) is 6.42 Å². The molecule has 1 aliphatic heterocycles. The molecule has 0 saturated heterocycles. The Kier molecular flexibility index (Phi) is 3.75. The quantitative estimate of drug-likeness (QED) is 0.656. The number of nitro groups is 1. The number of hydrogen-bond acceptors (Lipinski definition) is 4. The van der Waals surface area contributed by atoms with E-state index in [1.54, 1.807) is 30.3 Å². The second-order valence-corrected chi connectivity index (χ2v) is 6.77. The van der Waals surface area contributed by atoms with Gasteiger partial charge in [-0.05, 0) is 41.2 Å². The number of aromatic carboxylic acids is 1. The average molecular weight is 326 g/mol. The molecule has 6 heteroatoms. The van der Waals surface area contributed by atoms with Crippen LogP contribution in [-0.4, -0.2) is 16.0 Å². The Morgan fingerprint density at radius 3 is 2.71 bits per heavy atom. The number of carboxylic acids is 1. The van der Waals surface area contributed by atoms with Crippen LogP contribution in [0.15, 0.2) is 42.5 Å². The lowest BCUT2D eigenvalue weighted by atomic mass is 9.72. The van der Waals surface area contributed by atoms with E-state index in [-0.39, 0.29) is 22.7 Å². The van der Waals surface area contributed by atoms with E-state index >= 15 is 0 Å². The van der Waals surface area contributed by atoms with E-state index in [4.69, 9.17) is 5.11 Å². The second kappa shape index (κ2) is 5.63. The Balaban J connectivity index is 2.01. The van der Waals surface area contributed by atoms with Crippen LogP contribution in [0, 0.1) is 15.5 Å². The topological polar surface area (TPSA) is 92.5 Å². The Hall–Kier alpha value is -2.89. The van der Waals surface area contributed by atoms with Gasteiger partial charge in [-0.2, -0.15) is 0 Å². The smallest absolute Gasteiger partial charge is 0.335 e. The first-order chi connectivity index (χ1) is 11.3. The number of hydrogen-bond donors (Lipinski definition) is 2. The summed E-state index contributed by atoms with van der Waals surface area (Å²) in [6, 6.07) is 11.6. The lowest BCUT2D eigenvalue weighted by Crippen LogP contribution is -2.35. The molecule has 1 unspecified atom stereocenters. The molecule has 0 fully saturated rings. The van der Waals surface area contributed by atoms with Crippen LogP contribution in [0.3, 0.4) is 0 Å². The molecule has 0 bridgehead atoms. The minimum absolute atomic E-state index is 0.0668. The second-order valence-electron chi connectivity index (χ2n) is 6.77. The maximum Gasteiger partial charge on any atom is 0.335 e. The third-order valence-corrected chi connectivity index (χ3v) is 4.49. The monoisotopic (exact) mass is 326 g/mol. The molecule has 124 valence electrons. The molecule has 0 saturated carbocycles. The number of non-ortho nitro benzene ring substituents is 1. The minimum Gasteiger partial charge on any atom is -0.478 e. The summed E-state index contributed by atoms with van der Waals surface area (Å²) in [6.45, 7) is 4.14. The highest BCUT2D eigenvalue weighted by Crippen LogP contribution is 2.45. The number of carbonyl (C=O) groups is 1. The number of rotatable bonds is 3. The van der Waals surface area contributed by atoms with Crippen molar-refractivity contribution in [3.8, 4) is 0 Å². The van der Waals surface area contributed by atoms with E-state index in [1.165, 1.54) is 6.07 Å². The molecule has 3 rings (SSSR count). The maximum atomic E-state index is 11.2. The predicted molar refractivity (Wildman–Crippen MR) is 90.3 cm³/mol. The van der Waals surface area contributed by atoms with Crippen LogP contribution in [0.5, 0.6) is 0 Å². The lowest BCUT2D eigenvalue weighted by molar-refractivity contribution is -0.384. The van der Waals surface area contributed by atoms with Gasteiger partial charge in [-0.1, -0.05) is 26.0 Å². The van der Waals surface area contributed by atoms with Gasteiger partial charge in [-0.15, -0.1) is 0 Å². The van der Waals surface area contributed by atoms with Gasteiger partial charge in [0, 0.05) is 17.8 Å². The van der Waals surface area contributed by atoms with E-state index in [0.717, 1.165) is 16.8 Å². The van der Waals surface area contributed by atoms with E-state index < -0.39 is 10.9 Å². The van der Waals surface area contributed by atoms with Gasteiger partial charge in [0.1, 0.15) is 0 Å². The number of nitrogens with zero attached hydrogens (tertiary/aromatic N) is 1. The molecular weight excluding hydrogens is 308 g/mol. The summed E-state index contributed by atoms with van der Waals surface area (Å²) < 4.78 is 0. The average Bonchev–Trinajstić information content (AvgIpc) is 2.52. The van der Waals surface area contributed by atoms with Gasteiger partial charge in [0.2, 0.25) is 0 Å². The highest BCUT2D eigenvalue weighted by molar-refractivity contribution is 5.88. The van der Waals surface area contributed by atoms with Crippen LogP contribution >= 0.6 is 0 Å². The normalized spacial score (nSPS) is 18.3. The van der Waals surface area contributed by atoms with Crippen LogP contribution in [0.1, 0.15) is 41.4 Å². The van der Waals surface area contributed by atoms with Gasteiger partial charge >= 0.3 is 5.97 Å². The first-order valence-electron chi connectivity index (χ1n) is 7.65. The van der Waals surface area contributed by atoms with Crippen LogP contribution < -0.4 is 5.32 Å². The van der Waals surface area contributed by atoms with Gasteiger partial charge in [0.05, 0.1) is 16.5 Å². The fourth-order valence-corrected chi connectivity index (χ4v) is 3.31. The molecule has 1 aliphatic rings. The molecular formula is C18H18N2O4. The number of nitro benzene ring substituents is 1. The fourth-order valence-electron chi connectivity index (χ4n) is 3.31. The van der Waals surface area contributed by atoms with Crippen molar-refractivity contribution in [2.45, 2.75) is 26.3 Å². The van der Waals surface area contributed by atoms with Crippen molar-refractivity contribution in [3.05, 3.63) is 69.3 Å². The van der Waals surface area contributed by atoms with Gasteiger partial charge in [0.25, 0.3) is 5.69 Å². The highest BCUT2D eigenvalue weighted by atomic mass is 16.6. The Morgan fingerprint density at radius 2 is 2.04 bits per heavy atom. The fraction of sp³-hybridized carbons (Fsp3) is 0.278. The van der Waals surface area contributed by atoms with Crippen LogP contribution in [0.25, 0.3) is 0 Å². The van der Waals surface area contributed by atoms with Gasteiger partial charge < -0.3 is 10.4 Å². The molecule has 1 heterocycles. The summed E-state index contributed by atoms with van der Waals surface area (Å²) in [5, 5.41) is 23.6. The molecule has 6 nitrogen and oxygen atoms in total. The molecule has 2 N–H and O–H groups in total. The summed E-state index contributed by atoms with van der Waals surface area (Å²) in [5.41, 5.74) is 2.77. The molecule has 2 aromatic carbocycles. The number of anilines is 1. The van der Waals surface area contributed by atoms with Crippen LogP contribution in [0.4, 0.5) is 11.4 Å². The zero-order valence-electron chi connectivity index (χ0n) is 13.4. The summed E-state index contributed by atoms with van der Waals surface area (Å²) in [5.74, 6) is -0.948. The highest BCUT2D eigenvalue weighted by Gasteiger charge is 2.36. The molecule has 1 atom stereocenters. The van der Waals surface area contributed by atoms with Crippen LogP contribution in [0.2, 0.25) is 0 Å². The first kappa shape index (κ1) is 16.0. The van der Waals surface area contributed by atoms with Crippen molar-refractivity contribution < 1.29 is 14.8 Å². The first-order valence-corrected chi connectivity index (χ1v) is 7.65. The molecule has 0 amide bonds. The predicted octanol–water partition coefficient (Wildman–Crippen LogP) is 4.03. The van der Waals surface area contributed by atoms with Crippen molar-refractivity contribution in [1.29, 1.82) is 0 Å². The van der Waals surface area contributed by atoms with Crippen molar-refractivity contribution in [1.82, 2.24) is 0 Å². The zero-order valence-corrected chi connectivity index (χ0v) is 13.4. The molecule has 0 radical (unpaired) electrons. The number of fused-ring (bicyclic) bond motifs is 1. The number of benzene rings is 2. The number of nitrogens with one attached hydrogen (secondary N) is 1. The summed E-state index contributed by atoms with van der Waals surface area (Å²) >= 11 is 0. The van der Waals surface area contributed by atoms with Crippen molar-refractivity contribution in [2.24, 2.45) is 5.41 Å². The van der Waals surface area contributed by atoms with Gasteiger partial charge in [-0.3, -0.25) is 10.1 Å². The lowest BCUT2D eigenvalue weighted by Gasteiger charge is -2.41. The Morgan fingerprint density at radius 1 is 1.29 bits per heavy atom. The van der Waals surface area contributed by atoms with Crippen molar-refractivity contribution >= 4 is 17.3 Å². The molecule has 0 spiro atoms. The molecule has 0 aliphatic carbocycles. The SMILES string of the molecule is CC1(C)Cc2cc(C(=O)O)ccc2NC1c1cccc([N+](=O)[O-])c1. The maximum absolute atomic E-state index is 11.2. The third-order valence-electron chi connectivity index (χ3n) is 4.49. The minimum atomic E-state index is -0.948. The van der Waals surface area contributed by atoms with Crippen molar-refractivity contribution in [3.63, 3.8) is 0 Å². The van der Waals surface area contributed by atoms with E-state index in [9.17, 15) is 14.9 Å². The van der Waals surface area contributed by atoms with Crippen molar-refractivity contribution in [2.75, 3.05) is 5.32 Å². The van der Waals surface area contributed by atoms with E-state index in [1.807, 2.05) is 6.07 Å². The van der Waals surface area contributed by atoms with Gasteiger partial charge in [0.15, 0.2) is 0 Å². The number of carboxylic acid groups (broad SMARTS) is 1. The summed E-state index contributed by atoms with van der Waals surface area (Å²) in [4.78, 5) is 21.8. The van der Waals surface area contributed by atoms with Crippen LogP contribution in [-0.2, 0) is 6.42 Å². The van der Waals surface area contributed by atoms with E-state index in [2.05, 4.69) is 19.2 Å². The Labute approximate surface area is 139 Å². The standard InChI is InChI=1S/C18H18N2O4/c1-18(2)10-13-8-12(17(21)22)6-7-15(13)19-16(18)11-4-3-5-14(9-11)20(23)24/h3-9,16,19H,10H2,1-2H3,(H,21,22). The zero-order chi connectivity index (χ0) is 17.5. The van der Waals surface area contributed by atoms with Gasteiger partial charge in [-0.25, -0.2) is 4.79 Å². The molecule has 0 aromatic heterocycles. The molecule has 2 aromatic rings. The summed E-state index contributed by atoms with van der Waals surface area (Å²) in [6.07, 6.45) is 0.684. The summed E-state index contributed by atoms with van der Waals surface area (Å²) in [7, 11) is 0. The third kappa shape index (κ3) is 2.82.